The summed E-state index contributed by atoms with van der Waals surface area (Å²) in [4.78, 5) is 2.08. The van der Waals surface area contributed by atoms with Crippen molar-refractivity contribution in [3.05, 3.63) is 35.4 Å². The number of ether oxygens (including phenoxy) is 1. The zero-order valence-corrected chi connectivity index (χ0v) is 11.7. The Labute approximate surface area is 118 Å². The van der Waals surface area contributed by atoms with E-state index in [0.29, 0.717) is 12.5 Å². The molecule has 1 atom stereocenters. The monoisotopic (exact) mass is 285 g/mol. The highest BCUT2D eigenvalue weighted by Gasteiger charge is 2.22. The number of hydrogen-bond acceptors (Lipinski definition) is 3. The van der Waals surface area contributed by atoms with Crippen LogP contribution in [0, 0.1) is 17.6 Å². The number of benzene rings is 1. The van der Waals surface area contributed by atoms with Gasteiger partial charge in [0.15, 0.2) is 0 Å². The van der Waals surface area contributed by atoms with E-state index in [9.17, 15) is 13.9 Å². The SMILES string of the molecule is COCC1CCN(CC(O)c2cc(F)ccc2F)CC1. The number of methoxy groups -OCH3 is 1. The molecule has 20 heavy (non-hydrogen) atoms. The number of aliphatic hydroxyl groups is 1. The molecule has 0 aromatic heterocycles. The van der Waals surface area contributed by atoms with E-state index in [1.165, 1.54) is 0 Å². The molecular weight excluding hydrogens is 264 g/mol. The molecule has 1 unspecified atom stereocenters. The van der Waals surface area contributed by atoms with Crippen molar-refractivity contribution in [2.45, 2.75) is 18.9 Å². The van der Waals surface area contributed by atoms with Crippen LogP contribution in [0.1, 0.15) is 24.5 Å². The lowest BCUT2D eigenvalue weighted by Crippen LogP contribution is -2.37. The molecule has 3 nitrogen and oxygen atoms in total. The summed E-state index contributed by atoms with van der Waals surface area (Å²) in [6, 6.07) is 3.18. The van der Waals surface area contributed by atoms with Crippen LogP contribution in [0.15, 0.2) is 18.2 Å². The van der Waals surface area contributed by atoms with Gasteiger partial charge in [-0.3, -0.25) is 0 Å². The summed E-state index contributed by atoms with van der Waals surface area (Å²) >= 11 is 0. The Hall–Kier alpha value is -1.04. The van der Waals surface area contributed by atoms with Gasteiger partial charge >= 0.3 is 0 Å². The van der Waals surface area contributed by atoms with Crippen LogP contribution in [0.2, 0.25) is 0 Å². The molecule has 0 bridgehead atoms. The maximum atomic E-state index is 13.6. The van der Waals surface area contributed by atoms with Crippen LogP contribution in [0.25, 0.3) is 0 Å². The molecule has 1 N–H and O–H groups in total. The second-order valence-electron chi connectivity index (χ2n) is 5.38. The molecule has 1 heterocycles. The number of nitrogens with zero attached hydrogens (tertiary/aromatic N) is 1. The Bertz CT molecular complexity index is 434. The third kappa shape index (κ3) is 3.98. The molecule has 1 fully saturated rings. The Morgan fingerprint density at radius 1 is 1.35 bits per heavy atom. The lowest BCUT2D eigenvalue weighted by Gasteiger charge is -2.32. The predicted molar refractivity (Wildman–Crippen MR) is 72.4 cm³/mol. The molecule has 0 saturated carbocycles. The lowest BCUT2D eigenvalue weighted by molar-refractivity contribution is 0.0643. The molecule has 1 aliphatic rings. The molecule has 0 aliphatic carbocycles. The second-order valence-corrected chi connectivity index (χ2v) is 5.38. The summed E-state index contributed by atoms with van der Waals surface area (Å²) in [7, 11) is 1.70. The highest BCUT2D eigenvalue weighted by molar-refractivity contribution is 5.21. The largest absolute Gasteiger partial charge is 0.387 e. The number of aliphatic hydroxyl groups excluding tert-OH is 1. The molecular formula is C15H21F2NO2. The minimum absolute atomic E-state index is 0.0315. The van der Waals surface area contributed by atoms with Gasteiger partial charge in [0.25, 0.3) is 0 Å². The zero-order chi connectivity index (χ0) is 14.5. The van der Waals surface area contributed by atoms with Gasteiger partial charge < -0.3 is 14.7 Å². The van der Waals surface area contributed by atoms with Crippen LogP contribution in [-0.2, 0) is 4.74 Å². The molecule has 2 rings (SSSR count). The van der Waals surface area contributed by atoms with E-state index >= 15 is 0 Å². The van der Waals surface area contributed by atoms with E-state index in [1.807, 2.05) is 0 Å². The molecule has 1 aromatic rings. The van der Waals surface area contributed by atoms with Crippen molar-refractivity contribution < 1.29 is 18.6 Å². The zero-order valence-electron chi connectivity index (χ0n) is 11.7. The van der Waals surface area contributed by atoms with Crippen LogP contribution in [-0.4, -0.2) is 43.4 Å². The van der Waals surface area contributed by atoms with E-state index in [4.69, 9.17) is 4.74 Å². The van der Waals surface area contributed by atoms with E-state index in [2.05, 4.69) is 4.90 Å². The summed E-state index contributed by atoms with van der Waals surface area (Å²) in [5, 5.41) is 10.1. The first-order chi connectivity index (χ1) is 9.60. The fraction of sp³-hybridized carbons (Fsp3) is 0.600. The van der Waals surface area contributed by atoms with Crippen LogP contribution in [0.5, 0.6) is 0 Å². The summed E-state index contributed by atoms with van der Waals surface area (Å²) in [5.41, 5.74) is 0.0315. The maximum absolute atomic E-state index is 13.6. The van der Waals surface area contributed by atoms with Crippen molar-refractivity contribution in [3.8, 4) is 0 Å². The topological polar surface area (TPSA) is 32.7 Å². The summed E-state index contributed by atoms with van der Waals surface area (Å²) in [5.74, 6) is -0.535. The van der Waals surface area contributed by atoms with Crippen LogP contribution >= 0.6 is 0 Å². The molecule has 1 aliphatic heterocycles. The Kier molecular flexibility index (Phi) is 5.46. The van der Waals surface area contributed by atoms with E-state index < -0.39 is 17.7 Å². The van der Waals surface area contributed by atoms with Crippen LogP contribution in [0.3, 0.4) is 0 Å². The fourth-order valence-electron chi connectivity index (χ4n) is 2.68. The Balaban J connectivity index is 1.89. The molecule has 0 radical (unpaired) electrons. The number of likely N-dealkylation sites (tertiary alicyclic amines) is 1. The van der Waals surface area contributed by atoms with Gasteiger partial charge in [0.05, 0.1) is 6.10 Å². The quantitative estimate of drug-likeness (QED) is 0.901. The first-order valence-electron chi connectivity index (χ1n) is 6.94. The Morgan fingerprint density at radius 3 is 2.70 bits per heavy atom. The number of rotatable bonds is 5. The van der Waals surface area contributed by atoms with E-state index in [0.717, 1.165) is 50.7 Å². The molecule has 0 spiro atoms. The number of piperidine rings is 1. The molecule has 1 aromatic carbocycles. The number of halogens is 2. The van der Waals surface area contributed by atoms with Crippen molar-refractivity contribution in [1.29, 1.82) is 0 Å². The summed E-state index contributed by atoms with van der Waals surface area (Å²) < 4.78 is 31.8. The average molecular weight is 285 g/mol. The van der Waals surface area contributed by atoms with Crippen LogP contribution in [0.4, 0.5) is 8.78 Å². The van der Waals surface area contributed by atoms with Gasteiger partial charge in [-0.2, -0.15) is 0 Å². The average Bonchev–Trinajstić information content (AvgIpc) is 2.44. The lowest BCUT2D eigenvalue weighted by atomic mass is 9.97. The minimum atomic E-state index is -0.996. The van der Waals surface area contributed by atoms with Crippen molar-refractivity contribution in [3.63, 3.8) is 0 Å². The Morgan fingerprint density at radius 2 is 2.05 bits per heavy atom. The summed E-state index contributed by atoms with van der Waals surface area (Å²) in [6.45, 7) is 2.79. The van der Waals surface area contributed by atoms with E-state index in [1.54, 1.807) is 7.11 Å². The third-order valence-corrected chi connectivity index (χ3v) is 3.86. The smallest absolute Gasteiger partial charge is 0.129 e. The predicted octanol–water partition coefficient (Wildman–Crippen LogP) is 2.36. The standard InChI is InChI=1S/C15H21F2NO2/c1-20-10-11-4-6-18(7-5-11)9-15(19)13-8-12(16)2-3-14(13)17/h2-3,8,11,15,19H,4-7,9-10H2,1H3. The molecule has 112 valence electrons. The second kappa shape index (κ2) is 7.11. The van der Waals surface area contributed by atoms with Crippen molar-refractivity contribution in [1.82, 2.24) is 4.90 Å². The van der Waals surface area contributed by atoms with Gasteiger partial charge in [-0.05, 0) is 50.0 Å². The van der Waals surface area contributed by atoms with Crippen molar-refractivity contribution in [2.24, 2.45) is 5.92 Å². The number of hydrogen-bond donors (Lipinski definition) is 1. The molecule has 1 saturated heterocycles. The van der Waals surface area contributed by atoms with Crippen LogP contribution < -0.4 is 0 Å². The van der Waals surface area contributed by atoms with Gasteiger partial charge in [0, 0.05) is 25.8 Å². The third-order valence-electron chi connectivity index (χ3n) is 3.86. The van der Waals surface area contributed by atoms with Gasteiger partial charge in [0.1, 0.15) is 11.6 Å². The van der Waals surface area contributed by atoms with Gasteiger partial charge in [-0.25, -0.2) is 8.78 Å². The fourth-order valence-corrected chi connectivity index (χ4v) is 2.68. The highest BCUT2D eigenvalue weighted by atomic mass is 19.1. The molecule has 5 heteroatoms. The van der Waals surface area contributed by atoms with Gasteiger partial charge in [0.2, 0.25) is 0 Å². The van der Waals surface area contributed by atoms with Gasteiger partial charge in [-0.1, -0.05) is 0 Å². The first-order valence-corrected chi connectivity index (χ1v) is 6.94. The van der Waals surface area contributed by atoms with Crippen molar-refractivity contribution >= 4 is 0 Å². The highest BCUT2D eigenvalue weighted by Crippen LogP contribution is 2.23. The maximum Gasteiger partial charge on any atom is 0.129 e. The molecule has 0 amide bonds. The van der Waals surface area contributed by atoms with Crippen molar-refractivity contribution in [2.75, 3.05) is 33.4 Å². The van der Waals surface area contributed by atoms with Gasteiger partial charge in [-0.15, -0.1) is 0 Å². The number of β-amino-alcohol motifs (C(OH)–C–C–N with tert-alkyl or cyclic N) is 1. The normalized spacial score (nSPS) is 19.2. The van der Waals surface area contributed by atoms with E-state index in [-0.39, 0.29) is 5.56 Å². The minimum Gasteiger partial charge on any atom is -0.387 e. The summed E-state index contributed by atoms with van der Waals surface area (Å²) in [6.07, 6.45) is 1.02. The first kappa shape index (κ1) is 15.4.